The molecule has 43 nitrogen and oxygen atoms in total. The number of amides is 14. The van der Waals surface area contributed by atoms with E-state index >= 15 is 0 Å². The normalized spacial score (nSPS) is 14.2. The van der Waals surface area contributed by atoms with Crippen molar-refractivity contribution in [2.75, 3.05) is 57.9 Å². The van der Waals surface area contributed by atoms with Crippen LogP contribution < -0.4 is 97.0 Å². The number of thioether (sulfide) groups is 1. The number of nitrogens with two attached hydrogens (primary N) is 3. The standard InChI is InChI=1S/C68H100N22O21S/c1-34(81-52(95)30-79-60(103)46(23-38-26-75-42-11-6-5-10-41(38)42)83-53(96)29-76-51(94)28-78-59(102)43(12-7-8-19-69)86-61(104)44(13-9-20-74-68(71)72)87-66(109)56(70)36(3)92)57(100)77-31-54(97)84-47(24-39-27-73-33-80-39)63(106)90-50(32-91)65(108)82-35(2)58(101)85-45(18-21-112-4)62(105)88-48(25-55(98)99)64(107)89-49(67(110)111)22-37-14-16-40(93)17-15-37/h5-6,10-11,14-17,26-27,33-36,43-50,56,75,91-93H,7-9,12-13,18-25,28-32,69-70H2,1-4H3,(H,73,80)(H,76,94)(H,77,100)(H,78,102)(H,79,103)(H,81,95)(H,82,108)(H,83,96)(H,84,97)(H,85,101)(H,86,104)(H,87,109)(H,88,105)(H,89,107)(H,90,106)(H,98,99)(H,110,111)(H4,71,72,74)/t34-,35-,36+,43-,44-,45-,46-,47-,48-,49-,50-,56-/m0/s1. The zero-order valence-corrected chi connectivity index (χ0v) is 62.7. The van der Waals surface area contributed by atoms with Crippen LogP contribution in [0.2, 0.25) is 0 Å². The van der Waals surface area contributed by atoms with Gasteiger partial charge in [0.2, 0.25) is 82.7 Å². The number of carbonyl (C=O) groups is 16. The number of aromatic hydroxyl groups is 1. The summed E-state index contributed by atoms with van der Waals surface area (Å²) in [4.78, 5) is 222. The molecule has 0 aliphatic carbocycles. The number of hydrogen-bond acceptors (Lipinski definition) is 24. The van der Waals surface area contributed by atoms with Gasteiger partial charge in [0.15, 0.2) is 5.96 Å². The number of hydrogen-bond donors (Lipinski definition) is 26. The molecule has 2 aromatic heterocycles. The number of nitrogens with zero attached hydrogens (tertiary/aromatic N) is 1. The first-order valence-electron chi connectivity index (χ1n) is 35.3. The number of aliphatic hydroxyl groups excluding tert-OH is 2. The van der Waals surface area contributed by atoms with Crippen LogP contribution in [0.1, 0.15) is 82.5 Å². The van der Waals surface area contributed by atoms with Gasteiger partial charge in [0.25, 0.3) is 0 Å². The van der Waals surface area contributed by atoms with Crippen LogP contribution in [0.15, 0.2) is 67.3 Å². The monoisotopic (exact) mass is 1590 g/mol. The number of aliphatic carboxylic acids is 2. The molecule has 614 valence electrons. The number of carboxylic acid groups (broad SMARTS) is 2. The Kier molecular flexibility index (Phi) is 39.4. The maximum atomic E-state index is 13.9. The molecule has 0 unspecified atom stereocenters. The largest absolute Gasteiger partial charge is 0.508 e. The fourth-order valence-corrected chi connectivity index (χ4v) is 11.0. The Bertz CT molecular complexity index is 3900. The average Bonchev–Trinajstić information content (AvgIpc) is 1.67. The van der Waals surface area contributed by atoms with Gasteiger partial charge in [-0.25, -0.2) is 9.78 Å². The van der Waals surface area contributed by atoms with E-state index < -0.39 is 206 Å². The highest BCUT2D eigenvalue weighted by Gasteiger charge is 2.36. The lowest BCUT2D eigenvalue weighted by molar-refractivity contribution is -0.143. The third-order valence-corrected chi connectivity index (χ3v) is 17.3. The summed E-state index contributed by atoms with van der Waals surface area (Å²) in [6, 6.07) is -4.17. The molecule has 29 N–H and O–H groups in total. The van der Waals surface area contributed by atoms with Crippen molar-refractivity contribution in [2.24, 2.45) is 17.2 Å². The van der Waals surface area contributed by atoms with Crippen LogP contribution in [-0.2, 0) is 96.0 Å². The van der Waals surface area contributed by atoms with Crippen molar-refractivity contribution in [2.45, 2.75) is 158 Å². The molecule has 0 bridgehead atoms. The molecule has 0 radical (unpaired) electrons. The zero-order valence-electron chi connectivity index (χ0n) is 61.9. The Labute approximate surface area is 645 Å². The highest BCUT2D eigenvalue weighted by atomic mass is 32.2. The zero-order chi connectivity index (χ0) is 83.1. The lowest BCUT2D eigenvalue weighted by Gasteiger charge is -2.25. The Morgan fingerprint density at radius 2 is 1.04 bits per heavy atom. The second-order valence-electron chi connectivity index (χ2n) is 25.7. The van der Waals surface area contributed by atoms with Crippen molar-refractivity contribution in [1.82, 2.24) is 94.7 Å². The second-order valence-corrected chi connectivity index (χ2v) is 26.7. The summed E-state index contributed by atoms with van der Waals surface area (Å²) >= 11 is 1.24. The van der Waals surface area contributed by atoms with Crippen LogP contribution in [-0.4, -0.2) is 272 Å². The van der Waals surface area contributed by atoms with Gasteiger partial charge in [-0.15, -0.1) is 0 Å². The number of para-hydroxylation sites is 1. The molecule has 0 aliphatic rings. The lowest BCUT2D eigenvalue weighted by Crippen LogP contribution is -2.60. The number of phenols is 1. The molecular formula is C68H100N22O21S. The van der Waals surface area contributed by atoms with Crippen molar-refractivity contribution >= 4 is 123 Å². The first-order chi connectivity index (χ1) is 53.1. The van der Waals surface area contributed by atoms with Crippen LogP contribution in [0.5, 0.6) is 5.75 Å². The predicted molar refractivity (Wildman–Crippen MR) is 400 cm³/mol. The number of H-pyrrole nitrogens is 2. The smallest absolute Gasteiger partial charge is 0.326 e. The van der Waals surface area contributed by atoms with Crippen LogP contribution >= 0.6 is 11.8 Å². The molecule has 2 heterocycles. The molecule has 12 atom stereocenters. The van der Waals surface area contributed by atoms with Crippen molar-refractivity contribution in [3.05, 3.63) is 84.1 Å². The molecule has 0 spiro atoms. The van der Waals surface area contributed by atoms with Gasteiger partial charge in [0.1, 0.15) is 72.2 Å². The van der Waals surface area contributed by atoms with Gasteiger partial charge in [0, 0.05) is 49.1 Å². The minimum atomic E-state index is -1.85. The summed E-state index contributed by atoms with van der Waals surface area (Å²) in [6.07, 6.45) is 3.72. The number of aliphatic hydroxyl groups is 2. The van der Waals surface area contributed by atoms with Crippen LogP contribution in [0.25, 0.3) is 10.9 Å². The molecule has 0 saturated carbocycles. The van der Waals surface area contributed by atoms with Gasteiger partial charge >= 0.3 is 11.9 Å². The Hall–Kier alpha value is -12.0. The van der Waals surface area contributed by atoms with Crippen LogP contribution in [0.3, 0.4) is 0 Å². The number of fused-ring (bicyclic) bond motifs is 1. The summed E-state index contributed by atoms with van der Waals surface area (Å²) in [6.45, 7) is -0.0190. The third-order valence-electron chi connectivity index (χ3n) is 16.7. The summed E-state index contributed by atoms with van der Waals surface area (Å²) < 4.78 is 0. The van der Waals surface area contributed by atoms with Crippen LogP contribution in [0.4, 0.5) is 0 Å². The number of aromatic nitrogens is 3. The van der Waals surface area contributed by atoms with Crippen molar-refractivity contribution in [3.63, 3.8) is 0 Å². The topological polar surface area (TPSA) is 701 Å². The van der Waals surface area contributed by atoms with Gasteiger partial charge in [0.05, 0.1) is 57.3 Å². The number of phenolic OH excluding ortho intramolecular Hbond substituents is 1. The van der Waals surface area contributed by atoms with Gasteiger partial charge in [-0.05, 0) is 107 Å². The van der Waals surface area contributed by atoms with Crippen LogP contribution in [0, 0.1) is 5.41 Å². The summed E-state index contributed by atoms with van der Waals surface area (Å²) in [5, 5.41) is 93.0. The molecule has 0 aliphatic heterocycles. The fourth-order valence-electron chi connectivity index (χ4n) is 10.5. The molecule has 4 rings (SSSR count). The van der Waals surface area contributed by atoms with E-state index in [1.807, 2.05) is 0 Å². The maximum absolute atomic E-state index is 13.9. The summed E-state index contributed by atoms with van der Waals surface area (Å²) in [5.41, 5.74) is 18.6. The highest BCUT2D eigenvalue weighted by Crippen LogP contribution is 2.20. The molecule has 2 aromatic carbocycles. The van der Waals surface area contributed by atoms with E-state index in [4.69, 9.17) is 22.6 Å². The number of carbonyl (C=O) groups excluding carboxylic acids is 14. The van der Waals surface area contributed by atoms with Gasteiger partial charge in [-0.3, -0.25) is 77.3 Å². The molecule has 4 aromatic rings. The highest BCUT2D eigenvalue weighted by molar-refractivity contribution is 7.98. The van der Waals surface area contributed by atoms with Crippen molar-refractivity contribution in [1.29, 1.82) is 5.41 Å². The summed E-state index contributed by atoms with van der Waals surface area (Å²) in [7, 11) is 0. The van der Waals surface area contributed by atoms with Gasteiger partial charge < -0.3 is 132 Å². The minimum Gasteiger partial charge on any atom is -0.508 e. The average molecular weight is 1590 g/mol. The van der Waals surface area contributed by atoms with E-state index in [0.717, 1.165) is 0 Å². The predicted octanol–water partition coefficient (Wildman–Crippen LogP) is -8.62. The Balaban J connectivity index is 1.33. The van der Waals surface area contributed by atoms with E-state index in [9.17, 15) is 102 Å². The van der Waals surface area contributed by atoms with E-state index in [-0.39, 0.29) is 81.2 Å². The van der Waals surface area contributed by atoms with Gasteiger partial charge in [-0.1, -0.05) is 30.3 Å². The Morgan fingerprint density at radius 3 is 1.63 bits per heavy atom. The Morgan fingerprint density at radius 1 is 0.527 bits per heavy atom. The molecule has 14 amide bonds. The molecule has 44 heteroatoms. The first-order valence-corrected chi connectivity index (χ1v) is 36.7. The third kappa shape index (κ3) is 33.0. The van der Waals surface area contributed by atoms with E-state index in [2.05, 4.69) is 94.7 Å². The quantitative estimate of drug-likeness (QED) is 0.0111. The SMILES string of the molecule is CSCC[C@H](NC(=O)[C@H](C)NC(=O)[C@H](CO)NC(=O)[C@H](Cc1c[nH]cn1)NC(=O)CNC(=O)[C@H](C)NC(=O)CNC(=O)[C@H](Cc1c[nH]c2ccccc12)NC(=O)CNC(=O)CNC(=O)[C@H](CCCCN)NC(=O)[C@H](CCCNC(=N)N)NC(=O)[C@@H](N)[C@@H](C)O)C(=O)N[C@@H](CC(=O)O)C(=O)N[C@@H](Cc1ccc(O)cc1)C(=O)O. The molecule has 0 fully saturated rings. The number of aromatic amines is 2. The molecule has 112 heavy (non-hydrogen) atoms. The number of imidazole rings is 1. The number of guanidine groups is 1. The minimum absolute atomic E-state index is 0.0181. The molecular weight excluding hydrogens is 1490 g/mol. The fraction of sp³-hybridized carbons (Fsp3) is 0.500. The number of nitrogens with one attached hydrogen (secondary N) is 18. The lowest BCUT2D eigenvalue weighted by atomic mass is 10.0. The number of unbranched alkanes of at least 4 members (excludes halogenated alkanes) is 1. The number of rotatable bonds is 50. The molecule has 0 saturated heterocycles. The van der Waals surface area contributed by atoms with E-state index in [0.29, 0.717) is 34.9 Å². The van der Waals surface area contributed by atoms with Crippen molar-refractivity contribution < 1.29 is 102 Å². The maximum Gasteiger partial charge on any atom is 0.326 e. The second kappa shape index (κ2) is 47.8. The van der Waals surface area contributed by atoms with E-state index in [1.54, 1.807) is 36.7 Å². The number of carboxylic acids is 2. The van der Waals surface area contributed by atoms with E-state index in [1.165, 1.54) is 69.3 Å². The first kappa shape index (κ1) is 92.4. The number of benzene rings is 2. The summed E-state index contributed by atoms with van der Waals surface area (Å²) in [5.74, 6) is -16.8. The van der Waals surface area contributed by atoms with Gasteiger partial charge in [-0.2, -0.15) is 11.8 Å². The van der Waals surface area contributed by atoms with Crippen molar-refractivity contribution in [3.8, 4) is 5.75 Å².